The third-order valence-corrected chi connectivity index (χ3v) is 4.19. The fourth-order valence-electron chi connectivity index (χ4n) is 2.65. The van der Waals surface area contributed by atoms with E-state index in [4.69, 9.17) is 16.3 Å². The third kappa shape index (κ3) is 2.82. The van der Waals surface area contributed by atoms with Crippen molar-refractivity contribution in [3.05, 3.63) is 65.2 Å². The fraction of sp³-hybridized carbons (Fsp3) is 0.294. The smallest absolute Gasteiger partial charge is 0.119 e. The molecule has 0 amide bonds. The molecule has 0 saturated carbocycles. The lowest BCUT2D eigenvalue weighted by atomic mass is 9.73. The summed E-state index contributed by atoms with van der Waals surface area (Å²) in [6, 6.07) is 18.1. The van der Waals surface area contributed by atoms with E-state index in [2.05, 4.69) is 17.4 Å². The summed E-state index contributed by atoms with van der Waals surface area (Å²) in [5.74, 6) is 0.932. The van der Waals surface area contributed by atoms with Crippen LogP contribution in [0.4, 0.5) is 0 Å². The molecule has 0 atom stereocenters. The molecular weight excluding hydrogens is 270 g/mol. The fourth-order valence-corrected chi connectivity index (χ4v) is 2.84. The van der Waals surface area contributed by atoms with Crippen LogP contribution < -0.4 is 10.1 Å². The molecule has 1 N–H and O–H groups in total. The molecular formula is C17H18ClNO. The Morgan fingerprint density at radius 2 is 1.85 bits per heavy atom. The molecule has 3 rings (SSSR count). The lowest BCUT2D eigenvalue weighted by Crippen LogP contribution is -2.57. The van der Waals surface area contributed by atoms with Crippen molar-refractivity contribution in [3.63, 3.8) is 0 Å². The van der Waals surface area contributed by atoms with Crippen LogP contribution in [0.3, 0.4) is 0 Å². The second kappa shape index (κ2) is 5.86. The third-order valence-electron chi connectivity index (χ3n) is 3.96. The molecule has 1 aliphatic rings. The lowest BCUT2D eigenvalue weighted by Gasteiger charge is -2.43. The summed E-state index contributed by atoms with van der Waals surface area (Å²) < 4.78 is 5.83. The highest BCUT2D eigenvalue weighted by atomic mass is 35.5. The molecule has 0 unspecified atom stereocenters. The first-order chi connectivity index (χ1) is 9.78. The standard InChI is InChI=1S/C17H18ClNO/c18-15-6-4-5-14(11-15)17(12-19-13-17)9-10-20-16-7-2-1-3-8-16/h1-8,11,19H,9-10,12-13H2. The van der Waals surface area contributed by atoms with Crippen molar-refractivity contribution in [3.8, 4) is 5.75 Å². The number of nitrogens with one attached hydrogen (secondary N) is 1. The van der Waals surface area contributed by atoms with Gasteiger partial charge in [-0.05, 0) is 36.2 Å². The van der Waals surface area contributed by atoms with E-state index in [1.807, 2.05) is 42.5 Å². The molecule has 0 spiro atoms. The van der Waals surface area contributed by atoms with Crippen molar-refractivity contribution in [2.24, 2.45) is 0 Å². The van der Waals surface area contributed by atoms with E-state index >= 15 is 0 Å². The zero-order chi connectivity index (χ0) is 13.8. The van der Waals surface area contributed by atoms with Gasteiger partial charge in [0.25, 0.3) is 0 Å². The number of hydrogen-bond donors (Lipinski definition) is 1. The van der Waals surface area contributed by atoms with E-state index < -0.39 is 0 Å². The van der Waals surface area contributed by atoms with Crippen molar-refractivity contribution in [1.82, 2.24) is 5.32 Å². The lowest BCUT2D eigenvalue weighted by molar-refractivity contribution is 0.199. The van der Waals surface area contributed by atoms with Crippen molar-refractivity contribution < 1.29 is 4.74 Å². The highest BCUT2D eigenvalue weighted by molar-refractivity contribution is 6.30. The summed E-state index contributed by atoms with van der Waals surface area (Å²) in [7, 11) is 0. The minimum Gasteiger partial charge on any atom is -0.494 e. The van der Waals surface area contributed by atoms with E-state index in [9.17, 15) is 0 Å². The number of para-hydroxylation sites is 1. The van der Waals surface area contributed by atoms with Crippen molar-refractivity contribution in [1.29, 1.82) is 0 Å². The van der Waals surface area contributed by atoms with Crippen LogP contribution in [0.1, 0.15) is 12.0 Å². The first-order valence-corrected chi connectivity index (χ1v) is 7.31. The van der Waals surface area contributed by atoms with Crippen LogP contribution in [0.25, 0.3) is 0 Å². The molecule has 0 aromatic heterocycles. The molecule has 1 heterocycles. The van der Waals surface area contributed by atoms with E-state index in [0.717, 1.165) is 36.9 Å². The zero-order valence-electron chi connectivity index (χ0n) is 11.3. The van der Waals surface area contributed by atoms with Gasteiger partial charge in [0.2, 0.25) is 0 Å². The van der Waals surface area contributed by atoms with Crippen LogP contribution >= 0.6 is 11.6 Å². The average molecular weight is 288 g/mol. The Balaban J connectivity index is 1.65. The van der Waals surface area contributed by atoms with Gasteiger partial charge in [0, 0.05) is 23.5 Å². The van der Waals surface area contributed by atoms with Crippen molar-refractivity contribution in [2.75, 3.05) is 19.7 Å². The predicted octanol–water partition coefficient (Wildman–Crippen LogP) is 3.65. The van der Waals surface area contributed by atoms with Gasteiger partial charge in [0.15, 0.2) is 0 Å². The predicted molar refractivity (Wildman–Crippen MR) is 82.6 cm³/mol. The Morgan fingerprint density at radius 3 is 2.50 bits per heavy atom. The van der Waals surface area contributed by atoms with E-state index in [-0.39, 0.29) is 5.41 Å². The maximum Gasteiger partial charge on any atom is 0.119 e. The van der Waals surface area contributed by atoms with Crippen LogP contribution in [0.2, 0.25) is 5.02 Å². The molecule has 3 heteroatoms. The Bertz CT molecular complexity index is 566. The van der Waals surface area contributed by atoms with Gasteiger partial charge in [-0.15, -0.1) is 0 Å². The Hall–Kier alpha value is -1.51. The molecule has 0 radical (unpaired) electrons. The number of halogens is 1. The van der Waals surface area contributed by atoms with E-state index in [1.165, 1.54) is 5.56 Å². The minimum atomic E-state index is 0.166. The van der Waals surface area contributed by atoms with Gasteiger partial charge < -0.3 is 10.1 Å². The number of hydrogen-bond acceptors (Lipinski definition) is 2. The molecule has 2 nitrogen and oxygen atoms in total. The maximum absolute atomic E-state index is 6.11. The Kier molecular flexibility index (Phi) is 3.95. The zero-order valence-corrected chi connectivity index (χ0v) is 12.1. The van der Waals surface area contributed by atoms with Crippen LogP contribution in [-0.4, -0.2) is 19.7 Å². The number of ether oxygens (including phenoxy) is 1. The van der Waals surface area contributed by atoms with E-state index in [0.29, 0.717) is 0 Å². The molecule has 2 aromatic rings. The SMILES string of the molecule is Clc1cccc(C2(CCOc3ccccc3)CNC2)c1. The molecule has 2 aromatic carbocycles. The summed E-state index contributed by atoms with van der Waals surface area (Å²) >= 11 is 6.11. The van der Waals surface area contributed by atoms with Gasteiger partial charge in [0.05, 0.1) is 6.61 Å². The van der Waals surface area contributed by atoms with Gasteiger partial charge in [-0.25, -0.2) is 0 Å². The second-order valence-corrected chi connectivity index (χ2v) is 5.74. The van der Waals surface area contributed by atoms with Crippen molar-refractivity contribution >= 4 is 11.6 Å². The summed E-state index contributed by atoms with van der Waals surface area (Å²) in [5.41, 5.74) is 1.47. The molecule has 0 aliphatic carbocycles. The molecule has 0 bridgehead atoms. The first kappa shape index (κ1) is 13.5. The molecule has 1 saturated heterocycles. The summed E-state index contributed by atoms with van der Waals surface area (Å²) in [6.45, 7) is 2.70. The normalized spacial score (nSPS) is 16.4. The van der Waals surface area contributed by atoms with Crippen LogP contribution in [-0.2, 0) is 5.41 Å². The Morgan fingerprint density at radius 1 is 1.05 bits per heavy atom. The van der Waals surface area contributed by atoms with E-state index in [1.54, 1.807) is 0 Å². The quantitative estimate of drug-likeness (QED) is 0.906. The maximum atomic E-state index is 6.11. The monoisotopic (exact) mass is 287 g/mol. The van der Waals surface area contributed by atoms with Gasteiger partial charge in [-0.3, -0.25) is 0 Å². The molecule has 1 fully saturated rings. The van der Waals surface area contributed by atoms with Gasteiger partial charge in [-0.2, -0.15) is 0 Å². The topological polar surface area (TPSA) is 21.3 Å². The van der Waals surface area contributed by atoms with Gasteiger partial charge in [-0.1, -0.05) is 41.9 Å². The highest BCUT2D eigenvalue weighted by Crippen LogP contribution is 2.33. The summed E-state index contributed by atoms with van der Waals surface area (Å²) in [4.78, 5) is 0. The summed E-state index contributed by atoms with van der Waals surface area (Å²) in [5, 5.41) is 4.17. The number of benzene rings is 2. The second-order valence-electron chi connectivity index (χ2n) is 5.31. The van der Waals surface area contributed by atoms with Crippen LogP contribution in [0, 0.1) is 0 Å². The first-order valence-electron chi connectivity index (χ1n) is 6.93. The van der Waals surface area contributed by atoms with Gasteiger partial charge in [0.1, 0.15) is 5.75 Å². The minimum absolute atomic E-state index is 0.166. The largest absolute Gasteiger partial charge is 0.494 e. The van der Waals surface area contributed by atoms with Crippen molar-refractivity contribution in [2.45, 2.75) is 11.8 Å². The highest BCUT2D eigenvalue weighted by Gasteiger charge is 2.38. The molecule has 20 heavy (non-hydrogen) atoms. The Labute approximate surface area is 124 Å². The summed E-state index contributed by atoms with van der Waals surface area (Å²) in [6.07, 6.45) is 0.995. The average Bonchev–Trinajstić information content (AvgIpc) is 2.43. The van der Waals surface area contributed by atoms with Crippen LogP contribution in [0.15, 0.2) is 54.6 Å². The van der Waals surface area contributed by atoms with Crippen LogP contribution in [0.5, 0.6) is 5.75 Å². The van der Waals surface area contributed by atoms with Gasteiger partial charge >= 0.3 is 0 Å². The molecule has 104 valence electrons. The number of rotatable bonds is 5. The molecule has 1 aliphatic heterocycles.